The van der Waals surface area contributed by atoms with Gasteiger partial charge in [-0.05, 0) is 25.0 Å². The van der Waals surface area contributed by atoms with Crippen LogP contribution >= 0.6 is 0 Å². The van der Waals surface area contributed by atoms with Gasteiger partial charge in [0.25, 0.3) is 5.91 Å². The third kappa shape index (κ3) is 3.52. The highest BCUT2D eigenvalue weighted by atomic mass is 19.4. The number of ether oxygens (including phenoxy) is 1. The van der Waals surface area contributed by atoms with Gasteiger partial charge < -0.3 is 15.2 Å². The monoisotopic (exact) mass is 303 g/mol. The summed E-state index contributed by atoms with van der Waals surface area (Å²) in [4.78, 5) is 22.6. The molecular weight excluding hydrogens is 291 g/mol. The largest absolute Gasteiger partial charge is 0.479 e. The molecule has 1 saturated heterocycles. The van der Waals surface area contributed by atoms with Crippen molar-refractivity contribution in [1.82, 2.24) is 0 Å². The average Bonchev–Trinajstić information content (AvgIpc) is 2.88. The normalized spacial score (nSPS) is 22.0. The number of halogens is 3. The van der Waals surface area contributed by atoms with Crippen LogP contribution in [-0.2, 0) is 20.5 Å². The van der Waals surface area contributed by atoms with Crippen molar-refractivity contribution in [2.75, 3.05) is 5.32 Å². The molecular formula is C13H12F3NO4. The number of rotatable bonds is 3. The van der Waals surface area contributed by atoms with E-state index in [4.69, 9.17) is 9.84 Å². The Kier molecular flexibility index (Phi) is 4.17. The number of alkyl halides is 3. The molecule has 1 heterocycles. The zero-order valence-corrected chi connectivity index (χ0v) is 10.7. The predicted molar refractivity (Wildman–Crippen MR) is 65.6 cm³/mol. The molecule has 0 unspecified atom stereocenters. The van der Waals surface area contributed by atoms with Crippen molar-refractivity contribution in [3.63, 3.8) is 0 Å². The summed E-state index contributed by atoms with van der Waals surface area (Å²) in [7, 11) is 0. The van der Waals surface area contributed by atoms with Gasteiger partial charge in [0.2, 0.25) is 0 Å². The van der Waals surface area contributed by atoms with Gasteiger partial charge >= 0.3 is 12.1 Å². The maximum absolute atomic E-state index is 12.8. The Hall–Kier alpha value is -2.09. The molecule has 114 valence electrons. The van der Waals surface area contributed by atoms with Crippen molar-refractivity contribution in [3.05, 3.63) is 29.8 Å². The molecule has 2 atom stereocenters. The number of benzene rings is 1. The lowest BCUT2D eigenvalue weighted by Crippen LogP contribution is -2.30. The highest BCUT2D eigenvalue weighted by molar-refractivity contribution is 5.95. The molecule has 0 aromatic heterocycles. The van der Waals surface area contributed by atoms with Crippen LogP contribution in [-0.4, -0.2) is 29.2 Å². The first-order valence-electron chi connectivity index (χ1n) is 6.14. The number of hydrogen-bond donors (Lipinski definition) is 2. The second-order valence-electron chi connectivity index (χ2n) is 4.56. The highest BCUT2D eigenvalue weighted by Crippen LogP contribution is 2.35. The lowest BCUT2D eigenvalue weighted by Gasteiger charge is -2.16. The molecule has 21 heavy (non-hydrogen) atoms. The van der Waals surface area contributed by atoms with Crippen molar-refractivity contribution < 1.29 is 32.6 Å². The van der Waals surface area contributed by atoms with Crippen molar-refractivity contribution >= 4 is 17.6 Å². The molecule has 2 N–H and O–H groups in total. The van der Waals surface area contributed by atoms with Crippen LogP contribution in [0.3, 0.4) is 0 Å². The quantitative estimate of drug-likeness (QED) is 0.898. The second kappa shape index (κ2) is 5.72. The number of carbonyl (C=O) groups excluding carboxylic acids is 1. The van der Waals surface area contributed by atoms with Gasteiger partial charge in [-0.3, -0.25) is 4.79 Å². The predicted octanol–water partition coefficient (Wildman–Crippen LogP) is 2.28. The van der Waals surface area contributed by atoms with E-state index in [1.807, 2.05) is 0 Å². The number of aliphatic carboxylic acids is 1. The molecule has 0 saturated carbocycles. The second-order valence-corrected chi connectivity index (χ2v) is 4.56. The van der Waals surface area contributed by atoms with E-state index in [1.54, 1.807) is 0 Å². The van der Waals surface area contributed by atoms with E-state index in [2.05, 4.69) is 5.32 Å². The summed E-state index contributed by atoms with van der Waals surface area (Å²) in [6.07, 6.45) is -6.46. The van der Waals surface area contributed by atoms with Crippen LogP contribution in [0.2, 0.25) is 0 Å². The number of hydrogen-bond acceptors (Lipinski definition) is 3. The molecule has 1 amide bonds. The van der Waals surface area contributed by atoms with E-state index in [0.29, 0.717) is 0 Å². The fourth-order valence-corrected chi connectivity index (χ4v) is 2.06. The molecule has 0 aliphatic carbocycles. The topological polar surface area (TPSA) is 75.6 Å². The highest BCUT2D eigenvalue weighted by Gasteiger charge is 2.37. The minimum atomic E-state index is -4.59. The van der Waals surface area contributed by atoms with Crippen LogP contribution in [0.25, 0.3) is 0 Å². The van der Waals surface area contributed by atoms with Crippen molar-refractivity contribution in [2.24, 2.45) is 0 Å². The lowest BCUT2D eigenvalue weighted by atomic mass is 10.1. The molecule has 0 spiro atoms. The van der Waals surface area contributed by atoms with Crippen molar-refractivity contribution in [3.8, 4) is 0 Å². The Labute approximate surface area is 117 Å². The van der Waals surface area contributed by atoms with Crippen LogP contribution in [0.4, 0.5) is 18.9 Å². The minimum Gasteiger partial charge on any atom is -0.479 e. The number of anilines is 1. The molecule has 1 fully saturated rings. The van der Waals surface area contributed by atoms with Crippen LogP contribution in [0.5, 0.6) is 0 Å². The average molecular weight is 303 g/mol. The molecule has 0 bridgehead atoms. The Morgan fingerprint density at radius 1 is 1.19 bits per heavy atom. The molecule has 1 aliphatic heterocycles. The van der Waals surface area contributed by atoms with E-state index < -0.39 is 35.8 Å². The molecule has 8 heteroatoms. The van der Waals surface area contributed by atoms with E-state index in [9.17, 15) is 22.8 Å². The summed E-state index contributed by atoms with van der Waals surface area (Å²) >= 11 is 0. The smallest absolute Gasteiger partial charge is 0.418 e. The molecule has 0 radical (unpaired) electrons. The maximum atomic E-state index is 12.8. The van der Waals surface area contributed by atoms with Gasteiger partial charge in [0.05, 0.1) is 11.3 Å². The van der Waals surface area contributed by atoms with Crippen LogP contribution in [0, 0.1) is 0 Å². The van der Waals surface area contributed by atoms with E-state index in [-0.39, 0.29) is 18.5 Å². The summed E-state index contributed by atoms with van der Waals surface area (Å²) in [6, 6.07) is 4.56. The van der Waals surface area contributed by atoms with E-state index in [0.717, 1.165) is 12.1 Å². The minimum absolute atomic E-state index is 0.147. The number of para-hydroxylation sites is 1. The summed E-state index contributed by atoms with van der Waals surface area (Å²) in [5.74, 6) is -1.98. The zero-order valence-electron chi connectivity index (χ0n) is 10.7. The summed E-state index contributed by atoms with van der Waals surface area (Å²) in [6.45, 7) is 0. The number of carboxylic acids is 1. The first-order valence-corrected chi connectivity index (χ1v) is 6.14. The number of nitrogens with one attached hydrogen (secondary N) is 1. The van der Waals surface area contributed by atoms with Gasteiger partial charge in [-0.1, -0.05) is 12.1 Å². The summed E-state index contributed by atoms with van der Waals surface area (Å²) in [5.41, 5.74) is -1.34. The van der Waals surface area contributed by atoms with Crippen molar-refractivity contribution in [1.29, 1.82) is 0 Å². The molecule has 5 nitrogen and oxygen atoms in total. The van der Waals surface area contributed by atoms with Gasteiger partial charge in [-0.25, -0.2) is 4.79 Å². The Balaban J connectivity index is 2.09. The van der Waals surface area contributed by atoms with Crippen molar-refractivity contribution in [2.45, 2.75) is 31.2 Å². The fourth-order valence-electron chi connectivity index (χ4n) is 2.06. The molecule has 1 aliphatic rings. The van der Waals surface area contributed by atoms with Crippen LogP contribution < -0.4 is 5.32 Å². The Morgan fingerprint density at radius 2 is 1.81 bits per heavy atom. The SMILES string of the molecule is O=C(Nc1ccccc1C(F)(F)F)[C@@H]1CC[C@H](C(=O)O)O1. The Morgan fingerprint density at radius 3 is 2.38 bits per heavy atom. The van der Waals surface area contributed by atoms with Gasteiger partial charge in [0.15, 0.2) is 6.10 Å². The number of carbonyl (C=O) groups is 2. The lowest BCUT2D eigenvalue weighted by molar-refractivity contribution is -0.150. The van der Waals surface area contributed by atoms with E-state index >= 15 is 0 Å². The number of carboxylic acid groups (broad SMARTS) is 1. The van der Waals surface area contributed by atoms with Gasteiger partial charge in [-0.15, -0.1) is 0 Å². The summed E-state index contributed by atoms with van der Waals surface area (Å²) < 4.78 is 43.3. The molecule has 2 rings (SSSR count). The van der Waals surface area contributed by atoms with Gasteiger partial charge in [0.1, 0.15) is 6.10 Å². The number of amides is 1. The fraction of sp³-hybridized carbons (Fsp3) is 0.385. The Bertz CT molecular complexity index is 559. The summed E-state index contributed by atoms with van der Waals surface area (Å²) in [5, 5.41) is 10.9. The zero-order chi connectivity index (χ0) is 15.6. The standard InChI is InChI=1S/C13H12F3NO4/c14-13(15,16)7-3-1-2-4-8(7)17-11(18)9-5-6-10(21-9)12(19)20/h1-4,9-10H,5-6H2,(H,17,18)(H,19,20)/t9-,10+/m0/s1. The molecule has 1 aromatic carbocycles. The first-order chi connectivity index (χ1) is 9.79. The third-order valence-corrected chi connectivity index (χ3v) is 3.08. The molecule has 1 aromatic rings. The first kappa shape index (κ1) is 15.3. The van der Waals surface area contributed by atoms with Crippen LogP contribution in [0.1, 0.15) is 18.4 Å². The van der Waals surface area contributed by atoms with Crippen LogP contribution in [0.15, 0.2) is 24.3 Å². The van der Waals surface area contributed by atoms with E-state index in [1.165, 1.54) is 12.1 Å². The van der Waals surface area contributed by atoms with Gasteiger partial charge in [-0.2, -0.15) is 13.2 Å². The maximum Gasteiger partial charge on any atom is 0.418 e. The third-order valence-electron chi connectivity index (χ3n) is 3.08. The van der Waals surface area contributed by atoms with Gasteiger partial charge in [0, 0.05) is 0 Å².